The van der Waals surface area contributed by atoms with Gasteiger partial charge in [-0.1, -0.05) is 36.4 Å². The standard InChI is InChI=1S/C16H20N2O4/c1-16(2,3)22-15(19)17-10-9-13(14(11-17)18(20)21)12-7-5-4-6-8-12/h4-10,13-14H,11H2,1-3H3/t13-,14+/m0/s1. The average molecular weight is 304 g/mol. The minimum atomic E-state index is -0.889. The Labute approximate surface area is 129 Å². The van der Waals surface area contributed by atoms with E-state index in [1.165, 1.54) is 4.90 Å². The Morgan fingerprint density at radius 2 is 1.95 bits per heavy atom. The summed E-state index contributed by atoms with van der Waals surface area (Å²) in [5.41, 5.74) is 0.231. The van der Waals surface area contributed by atoms with Crippen LogP contribution in [0.15, 0.2) is 42.6 Å². The number of ether oxygens (including phenoxy) is 1. The molecule has 0 radical (unpaired) electrons. The van der Waals surface area contributed by atoms with Crippen molar-refractivity contribution in [3.05, 3.63) is 58.3 Å². The summed E-state index contributed by atoms with van der Waals surface area (Å²) in [7, 11) is 0. The van der Waals surface area contributed by atoms with Crippen molar-refractivity contribution in [2.75, 3.05) is 6.54 Å². The summed E-state index contributed by atoms with van der Waals surface area (Å²) in [6.07, 6.45) is 2.70. The van der Waals surface area contributed by atoms with Gasteiger partial charge in [0.1, 0.15) is 5.60 Å². The van der Waals surface area contributed by atoms with Crippen LogP contribution in [-0.2, 0) is 4.74 Å². The first kappa shape index (κ1) is 16.0. The lowest BCUT2D eigenvalue weighted by Gasteiger charge is -2.30. The van der Waals surface area contributed by atoms with Gasteiger partial charge in [0.15, 0.2) is 0 Å². The van der Waals surface area contributed by atoms with Gasteiger partial charge in [-0.3, -0.25) is 15.0 Å². The van der Waals surface area contributed by atoms with E-state index in [0.717, 1.165) is 5.56 Å². The highest BCUT2D eigenvalue weighted by Gasteiger charge is 2.38. The molecule has 0 fully saturated rings. The predicted molar refractivity (Wildman–Crippen MR) is 82.0 cm³/mol. The Bertz CT molecular complexity index is 578. The normalized spacial score (nSPS) is 21.5. The number of nitro groups is 1. The van der Waals surface area contributed by atoms with Crippen LogP contribution in [-0.4, -0.2) is 34.1 Å². The zero-order valence-electron chi connectivity index (χ0n) is 12.9. The maximum Gasteiger partial charge on any atom is 0.414 e. The van der Waals surface area contributed by atoms with Gasteiger partial charge in [0.05, 0.1) is 12.5 Å². The number of benzene rings is 1. The topological polar surface area (TPSA) is 72.7 Å². The van der Waals surface area contributed by atoms with Crippen molar-refractivity contribution in [1.29, 1.82) is 0 Å². The fraction of sp³-hybridized carbons (Fsp3) is 0.438. The zero-order valence-corrected chi connectivity index (χ0v) is 12.9. The van der Waals surface area contributed by atoms with Crippen LogP contribution in [0, 0.1) is 10.1 Å². The van der Waals surface area contributed by atoms with Gasteiger partial charge in [0, 0.05) is 11.1 Å². The van der Waals surface area contributed by atoms with Crippen LogP contribution in [0.1, 0.15) is 32.3 Å². The van der Waals surface area contributed by atoms with E-state index in [-0.39, 0.29) is 17.4 Å². The minimum absolute atomic E-state index is 0.00201. The second-order valence-corrected chi connectivity index (χ2v) is 6.26. The number of amides is 1. The first-order valence-corrected chi connectivity index (χ1v) is 7.14. The van der Waals surface area contributed by atoms with E-state index in [1.54, 1.807) is 33.0 Å². The highest BCUT2D eigenvalue weighted by atomic mass is 16.6. The first-order valence-electron chi connectivity index (χ1n) is 7.14. The van der Waals surface area contributed by atoms with Gasteiger partial charge in [-0.2, -0.15) is 0 Å². The summed E-state index contributed by atoms with van der Waals surface area (Å²) in [4.78, 5) is 24.4. The van der Waals surface area contributed by atoms with Crippen LogP contribution in [0.3, 0.4) is 0 Å². The molecule has 1 aliphatic heterocycles. The van der Waals surface area contributed by atoms with Gasteiger partial charge < -0.3 is 4.74 Å². The predicted octanol–water partition coefficient (Wildman–Crippen LogP) is 3.18. The summed E-state index contributed by atoms with van der Waals surface area (Å²) in [5, 5.41) is 11.4. The van der Waals surface area contributed by atoms with Crippen LogP contribution < -0.4 is 0 Å². The molecule has 1 aliphatic rings. The quantitative estimate of drug-likeness (QED) is 0.621. The van der Waals surface area contributed by atoms with Gasteiger partial charge in [-0.25, -0.2) is 4.79 Å². The Morgan fingerprint density at radius 1 is 1.32 bits per heavy atom. The molecule has 6 nitrogen and oxygen atoms in total. The lowest BCUT2D eigenvalue weighted by Crippen LogP contribution is -2.45. The SMILES string of the molecule is CC(C)(C)OC(=O)N1C=C[C@@H](c2ccccc2)[C@H]([N+](=O)[O-])C1. The highest BCUT2D eigenvalue weighted by Crippen LogP contribution is 2.28. The fourth-order valence-corrected chi connectivity index (χ4v) is 2.36. The molecule has 2 atom stereocenters. The number of hydrogen-bond donors (Lipinski definition) is 0. The summed E-state index contributed by atoms with van der Waals surface area (Å²) in [6.45, 7) is 5.28. The molecule has 22 heavy (non-hydrogen) atoms. The van der Waals surface area contributed by atoms with Crippen molar-refractivity contribution < 1.29 is 14.5 Å². The highest BCUT2D eigenvalue weighted by molar-refractivity contribution is 5.69. The fourth-order valence-electron chi connectivity index (χ4n) is 2.36. The lowest BCUT2D eigenvalue weighted by atomic mass is 9.89. The number of carbonyl (C=O) groups excluding carboxylic acids is 1. The number of rotatable bonds is 2. The van der Waals surface area contributed by atoms with Crippen molar-refractivity contribution in [1.82, 2.24) is 4.90 Å². The molecule has 1 heterocycles. The van der Waals surface area contributed by atoms with Crippen molar-refractivity contribution in [3.63, 3.8) is 0 Å². The molecule has 2 rings (SSSR count). The van der Waals surface area contributed by atoms with E-state index in [2.05, 4.69) is 0 Å². The van der Waals surface area contributed by atoms with Gasteiger partial charge in [-0.15, -0.1) is 0 Å². The second-order valence-electron chi connectivity index (χ2n) is 6.26. The van der Waals surface area contributed by atoms with Crippen molar-refractivity contribution in [3.8, 4) is 0 Å². The second kappa shape index (κ2) is 6.17. The Hall–Kier alpha value is -2.37. The van der Waals surface area contributed by atoms with Crippen LogP contribution in [0.2, 0.25) is 0 Å². The third kappa shape index (κ3) is 3.84. The molecule has 1 amide bonds. The largest absolute Gasteiger partial charge is 0.443 e. The van der Waals surface area contributed by atoms with Gasteiger partial charge in [0.2, 0.25) is 6.04 Å². The molecule has 0 saturated carbocycles. The number of nitrogens with zero attached hydrogens (tertiary/aromatic N) is 2. The van der Waals surface area contributed by atoms with E-state index in [9.17, 15) is 14.9 Å². The smallest absolute Gasteiger partial charge is 0.414 e. The average Bonchev–Trinajstić information content (AvgIpc) is 2.45. The van der Waals surface area contributed by atoms with Crippen molar-refractivity contribution in [2.45, 2.75) is 38.3 Å². The van der Waals surface area contributed by atoms with Gasteiger partial charge in [0.25, 0.3) is 0 Å². The van der Waals surface area contributed by atoms with Crippen molar-refractivity contribution in [2.24, 2.45) is 0 Å². The molecule has 0 N–H and O–H groups in total. The molecule has 0 aliphatic carbocycles. The first-order chi connectivity index (χ1) is 10.3. The van der Waals surface area contributed by atoms with E-state index in [4.69, 9.17) is 4.74 Å². The van der Waals surface area contributed by atoms with E-state index in [1.807, 2.05) is 30.3 Å². The molecular formula is C16H20N2O4. The number of carbonyl (C=O) groups is 1. The third-order valence-electron chi connectivity index (χ3n) is 3.35. The third-order valence-corrected chi connectivity index (χ3v) is 3.35. The van der Waals surface area contributed by atoms with Crippen molar-refractivity contribution >= 4 is 6.09 Å². The molecular weight excluding hydrogens is 284 g/mol. The van der Waals surface area contributed by atoms with Crippen LogP contribution >= 0.6 is 0 Å². The van der Waals surface area contributed by atoms with E-state index in [0.29, 0.717) is 0 Å². The molecule has 6 heteroatoms. The number of hydrogen-bond acceptors (Lipinski definition) is 4. The molecule has 0 bridgehead atoms. The summed E-state index contributed by atoms with van der Waals surface area (Å²) >= 11 is 0. The van der Waals surface area contributed by atoms with E-state index < -0.39 is 17.7 Å². The molecule has 118 valence electrons. The maximum absolute atomic E-state index is 12.1. The Kier molecular flexibility index (Phi) is 4.49. The molecule has 1 aromatic rings. The lowest BCUT2D eigenvalue weighted by molar-refractivity contribution is -0.525. The van der Waals surface area contributed by atoms with Crippen LogP contribution in [0.5, 0.6) is 0 Å². The van der Waals surface area contributed by atoms with E-state index >= 15 is 0 Å². The molecule has 0 saturated heterocycles. The maximum atomic E-state index is 12.1. The zero-order chi connectivity index (χ0) is 16.3. The summed E-state index contributed by atoms with van der Waals surface area (Å²) in [5.74, 6) is -0.352. The van der Waals surface area contributed by atoms with Gasteiger partial charge >= 0.3 is 6.09 Å². The minimum Gasteiger partial charge on any atom is -0.443 e. The molecule has 0 aromatic heterocycles. The summed E-state index contributed by atoms with van der Waals surface area (Å²) < 4.78 is 5.26. The molecule has 0 unspecified atom stereocenters. The van der Waals surface area contributed by atoms with Crippen LogP contribution in [0.25, 0.3) is 0 Å². The molecule has 0 spiro atoms. The van der Waals surface area contributed by atoms with Gasteiger partial charge in [-0.05, 0) is 26.3 Å². The summed E-state index contributed by atoms with van der Waals surface area (Å²) in [6, 6.07) is 8.38. The Morgan fingerprint density at radius 3 is 2.50 bits per heavy atom. The molecule has 1 aromatic carbocycles. The monoisotopic (exact) mass is 304 g/mol. The van der Waals surface area contributed by atoms with Crippen LogP contribution in [0.4, 0.5) is 4.79 Å². The Balaban J connectivity index is 2.21.